The van der Waals surface area contributed by atoms with E-state index in [9.17, 15) is 0 Å². The van der Waals surface area contributed by atoms with Gasteiger partial charge in [-0.2, -0.15) is 4.98 Å². The fourth-order valence-electron chi connectivity index (χ4n) is 1.73. The molecule has 1 aromatic heterocycles. The third-order valence-corrected chi connectivity index (χ3v) is 2.73. The first kappa shape index (κ1) is 11.1. The predicted octanol–water partition coefficient (Wildman–Crippen LogP) is 1.32. The molecule has 5 heteroatoms. The molecule has 88 valence electrons. The molecule has 1 saturated heterocycles. The van der Waals surface area contributed by atoms with Gasteiger partial charge in [0.25, 0.3) is 0 Å². The largest absolute Gasteiger partial charge is 0.481 e. The van der Waals surface area contributed by atoms with Crippen LogP contribution in [0.2, 0.25) is 0 Å². The molecule has 0 radical (unpaired) electrons. The predicted molar refractivity (Wildman–Crippen MR) is 60.6 cm³/mol. The van der Waals surface area contributed by atoms with Gasteiger partial charge in [0.2, 0.25) is 11.8 Å². The van der Waals surface area contributed by atoms with Gasteiger partial charge in [0.05, 0.1) is 7.11 Å². The number of ether oxygens (including phenoxy) is 2. The summed E-state index contributed by atoms with van der Waals surface area (Å²) < 4.78 is 10.3. The zero-order valence-electron chi connectivity index (χ0n) is 9.48. The summed E-state index contributed by atoms with van der Waals surface area (Å²) in [6.45, 7) is 2.63. The molecule has 16 heavy (non-hydrogen) atoms. The van der Waals surface area contributed by atoms with Gasteiger partial charge in [-0.15, -0.1) is 0 Å². The van der Waals surface area contributed by atoms with E-state index in [0.717, 1.165) is 32.6 Å². The highest BCUT2D eigenvalue weighted by Crippen LogP contribution is 2.15. The normalized spacial score (nSPS) is 17.1. The number of hydrogen-bond donors (Lipinski definition) is 1. The van der Waals surface area contributed by atoms with E-state index in [1.165, 1.54) is 0 Å². The number of anilines is 1. The summed E-state index contributed by atoms with van der Waals surface area (Å²) in [6.07, 6.45) is 3.91. The van der Waals surface area contributed by atoms with E-state index in [1.54, 1.807) is 19.4 Å². The lowest BCUT2D eigenvalue weighted by molar-refractivity contribution is 0.0699. The maximum atomic E-state index is 5.31. The second-order valence-electron chi connectivity index (χ2n) is 3.86. The van der Waals surface area contributed by atoms with Crippen LogP contribution in [0.25, 0.3) is 0 Å². The van der Waals surface area contributed by atoms with Crippen LogP contribution in [0.4, 0.5) is 5.95 Å². The number of rotatable bonds is 4. The van der Waals surface area contributed by atoms with E-state index in [1.807, 2.05) is 0 Å². The van der Waals surface area contributed by atoms with Crippen molar-refractivity contribution in [1.82, 2.24) is 9.97 Å². The summed E-state index contributed by atoms with van der Waals surface area (Å²) in [4.78, 5) is 8.34. The van der Waals surface area contributed by atoms with E-state index in [0.29, 0.717) is 17.7 Å². The number of nitrogens with one attached hydrogen (secondary N) is 1. The van der Waals surface area contributed by atoms with Crippen molar-refractivity contribution in [2.75, 3.05) is 32.2 Å². The monoisotopic (exact) mass is 223 g/mol. The van der Waals surface area contributed by atoms with Crippen LogP contribution in [-0.2, 0) is 4.74 Å². The summed E-state index contributed by atoms with van der Waals surface area (Å²) in [6, 6.07) is 1.74. The van der Waals surface area contributed by atoms with Crippen molar-refractivity contribution in [3.63, 3.8) is 0 Å². The Hall–Kier alpha value is -1.36. The molecule has 0 amide bonds. The van der Waals surface area contributed by atoms with E-state index in [4.69, 9.17) is 9.47 Å². The van der Waals surface area contributed by atoms with E-state index in [-0.39, 0.29) is 0 Å². The van der Waals surface area contributed by atoms with Gasteiger partial charge in [0.15, 0.2) is 0 Å². The lowest BCUT2D eigenvalue weighted by Gasteiger charge is -2.22. The molecule has 0 atom stereocenters. The van der Waals surface area contributed by atoms with Gasteiger partial charge >= 0.3 is 0 Å². The SMILES string of the molecule is COc1ccnc(NCC2CCOCC2)n1. The third-order valence-electron chi connectivity index (χ3n) is 2.73. The fraction of sp³-hybridized carbons (Fsp3) is 0.636. The zero-order valence-corrected chi connectivity index (χ0v) is 9.48. The first-order valence-electron chi connectivity index (χ1n) is 5.57. The molecular formula is C11H17N3O2. The minimum Gasteiger partial charge on any atom is -0.481 e. The number of nitrogens with zero attached hydrogens (tertiary/aromatic N) is 2. The van der Waals surface area contributed by atoms with Gasteiger partial charge in [-0.1, -0.05) is 0 Å². The van der Waals surface area contributed by atoms with Crippen molar-refractivity contribution in [2.45, 2.75) is 12.8 Å². The third kappa shape index (κ3) is 3.06. The first-order valence-corrected chi connectivity index (χ1v) is 5.57. The molecule has 1 aliphatic heterocycles. The Balaban J connectivity index is 1.83. The van der Waals surface area contributed by atoms with Gasteiger partial charge in [0, 0.05) is 32.0 Å². The quantitative estimate of drug-likeness (QED) is 0.834. The maximum absolute atomic E-state index is 5.31. The molecular weight excluding hydrogens is 206 g/mol. The Kier molecular flexibility index (Phi) is 3.93. The summed E-state index contributed by atoms with van der Waals surface area (Å²) in [5.74, 6) is 1.87. The summed E-state index contributed by atoms with van der Waals surface area (Å²) >= 11 is 0. The van der Waals surface area contributed by atoms with Gasteiger partial charge in [0.1, 0.15) is 0 Å². The van der Waals surface area contributed by atoms with Crippen LogP contribution >= 0.6 is 0 Å². The second-order valence-corrected chi connectivity index (χ2v) is 3.86. The van der Waals surface area contributed by atoms with E-state index < -0.39 is 0 Å². The minimum absolute atomic E-state index is 0.587. The van der Waals surface area contributed by atoms with Crippen LogP contribution in [0, 0.1) is 5.92 Å². The smallest absolute Gasteiger partial charge is 0.225 e. The molecule has 0 unspecified atom stereocenters. The van der Waals surface area contributed by atoms with E-state index in [2.05, 4.69) is 15.3 Å². The highest BCUT2D eigenvalue weighted by molar-refractivity contribution is 5.27. The Morgan fingerprint density at radius 1 is 1.50 bits per heavy atom. The second kappa shape index (κ2) is 5.65. The maximum Gasteiger partial charge on any atom is 0.225 e. The molecule has 2 heterocycles. The van der Waals surface area contributed by atoms with Crippen molar-refractivity contribution in [2.24, 2.45) is 5.92 Å². The van der Waals surface area contributed by atoms with Gasteiger partial charge in [-0.25, -0.2) is 4.98 Å². The van der Waals surface area contributed by atoms with E-state index >= 15 is 0 Å². The Labute approximate surface area is 95.2 Å². The Bertz CT molecular complexity index is 327. The Morgan fingerprint density at radius 3 is 3.06 bits per heavy atom. The molecule has 0 spiro atoms. The lowest BCUT2D eigenvalue weighted by atomic mass is 10.0. The summed E-state index contributed by atoms with van der Waals surface area (Å²) in [5.41, 5.74) is 0. The van der Waals surface area contributed by atoms with Crippen molar-refractivity contribution in [1.29, 1.82) is 0 Å². The molecule has 1 aromatic rings. The van der Waals surface area contributed by atoms with Crippen LogP contribution < -0.4 is 10.1 Å². The average Bonchev–Trinajstić information content (AvgIpc) is 2.38. The van der Waals surface area contributed by atoms with Crippen LogP contribution in [0.3, 0.4) is 0 Å². The average molecular weight is 223 g/mol. The van der Waals surface area contributed by atoms with Gasteiger partial charge in [-0.3, -0.25) is 0 Å². The molecule has 0 saturated carbocycles. The molecule has 0 aromatic carbocycles. The van der Waals surface area contributed by atoms with Crippen LogP contribution in [0.5, 0.6) is 5.88 Å². The van der Waals surface area contributed by atoms with Crippen molar-refractivity contribution >= 4 is 5.95 Å². The number of aromatic nitrogens is 2. The molecule has 0 bridgehead atoms. The molecule has 5 nitrogen and oxygen atoms in total. The Morgan fingerprint density at radius 2 is 2.31 bits per heavy atom. The molecule has 1 aliphatic rings. The first-order chi connectivity index (χ1) is 7.88. The number of methoxy groups -OCH3 is 1. The summed E-state index contributed by atoms with van der Waals surface area (Å²) in [7, 11) is 1.60. The van der Waals surface area contributed by atoms with Crippen LogP contribution in [0.1, 0.15) is 12.8 Å². The van der Waals surface area contributed by atoms with Crippen molar-refractivity contribution < 1.29 is 9.47 Å². The van der Waals surface area contributed by atoms with Crippen molar-refractivity contribution in [3.05, 3.63) is 12.3 Å². The fourth-order valence-corrected chi connectivity index (χ4v) is 1.73. The molecule has 1 fully saturated rings. The molecule has 0 aliphatic carbocycles. The van der Waals surface area contributed by atoms with Crippen LogP contribution in [-0.4, -0.2) is 36.8 Å². The molecule has 1 N–H and O–H groups in total. The number of hydrogen-bond acceptors (Lipinski definition) is 5. The highest BCUT2D eigenvalue weighted by Gasteiger charge is 2.13. The van der Waals surface area contributed by atoms with Gasteiger partial charge < -0.3 is 14.8 Å². The highest BCUT2D eigenvalue weighted by atomic mass is 16.5. The lowest BCUT2D eigenvalue weighted by Crippen LogP contribution is -2.23. The van der Waals surface area contributed by atoms with Crippen molar-refractivity contribution in [3.8, 4) is 5.88 Å². The zero-order chi connectivity index (χ0) is 11.2. The summed E-state index contributed by atoms with van der Waals surface area (Å²) in [5, 5.41) is 3.23. The van der Waals surface area contributed by atoms with Gasteiger partial charge in [-0.05, 0) is 18.8 Å². The topological polar surface area (TPSA) is 56.3 Å². The van der Waals surface area contributed by atoms with Crippen LogP contribution in [0.15, 0.2) is 12.3 Å². The minimum atomic E-state index is 0.587. The molecule has 2 rings (SSSR count). The standard InChI is InChI=1S/C11H17N3O2/c1-15-10-2-5-12-11(14-10)13-8-9-3-6-16-7-4-9/h2,5,9H,3-4,6-8H2,1H3,(H,12,13,14).